The Hall–Kier alpha value is -1.22. The molecule has 1 aromatic heterocycles. The van der Waals surface area contributed by atoms with Crippen LogP contribution < -0.4 is 5.32 Å². The molecule has 0 amide bonds. The predicted octanol–water partition coefficient (Wildman–Crippen LogP) is 2.40. The molecule has 0 spiro atoms. The predicted molar refractivity (Wildman–Crippen MR) is 62.6 cm³/mol. The van der Waals surface area contributed by atoms with Gasteiger partial charge >= 0.3 is 0 Å². The average Bonchev–Trinajstić information content (AvgIpc) is 2.25. The third-order valence-corrected chi connectivity index (χ3v) is 2.50. The Balaban J connectivity index is 2.78. The number of nitrogens with one attached hydrogen (secondary N) is 1. The van der Waals surface area contributed by atoms with Crippen molar-refractivity contribution in [2.45, 2.75) is 32.7 Å². The van der Waals surface area contributed by atoms with Crippen molar-refractivity contribution in [1.82, 2.24) is 15.3 Å². The molecule has 3 nitrogen and oxygen atoms in total. The maximum Gasteiger partial charge on any atom is 0.125 e. The van der Waals surface area contributed by atoms with Gasteiger partial charge in [0.05, 0.1) is 11.7 Å². The molecule has 0 aliphatic heterocycles. The Morgan fingerprint density at radius 1 is 1.60 bits per heavy atom. The van der Waals surface area contributed by atoms with E-state index in [0.29, 0.717) is 0 Å². The molecule has 0 aliphatic carbocycles. The van der Waals surface area contributed by atoms with Crippen molar-refractivity contribution in [1.29, 1.82) is 0 Å². The van der Waals surface area contributed by atoms with Gasteiger partial charge in [0.1, 0.15) is 5.82 Å². The Labute approximate surface area is 91.7 Å². The second-order valence-electron chi connectivity index (χ2n) is 3.68. The summed E-state index contributed by atoms with van der Waals surface area (Å²) < 4.78 is 0. The highest BCUT2D eigenvalue weighted by atomic mass is 14.9. The normalized spacial score (nSPS) is 12.5. The van der Waals surface area contributed by atoms with Gasteiger partial charge in [-0.05, 0) is 32.9 Å². The van der Waals surface area contributed by atoms with E-state index < -0.39 is 0 Å². The largest absolute Gasteiger partial charge is 0.311 e. The molecule has 0 saturated heterocycles. The van der Waals surface area contributed by atoms with Gasteiger partial charge in [0, 0.05) is 6.20 Å². The molecule has 0 fully saturated rings. The number of hydrogen-bond acceptors (Lipinski definition) is 3. The van der Waals surface area contributed by atoms with Crippen LogP contribution in [0.5, 0.6) is 0 Å². The van der Waals surface area contributed by atoms with Gasteiger partial charge in [-0.1, -0.05) is 19.1 Å². The maximum atomic E-state index is 4.42. The first-order valence-electron chi connectivity index (χ1n) is 5.30. The first kappa shape index (κ1) is 11.9. The zero-order valence-corrected chi connectivity index (χ0v) is 9.75. The minimum absolute atomic E-state index is 0.249. The summed E-state index contributed by atoms with van der Waals surface area (Å²) in [5.74, 6) is 0.815. The highest BCUT2D eigenvalue weighted by molar-refractivity contribution is 5.11. The first-order valence-corrected chi connectivity index (χ1v) is 5.30. The lowest BCUT2D eigenvalue weighted by Gasteiger charge is -2.16. The Morgan fingerprint density at radius 3 is 2.87 bits per heavy atom. The molecule has 1 aromatic rings. The van der Waals surface area contributed by atoms with Crippen molar-refractivity contribution >= 4 is 0 Å². The van der Waals surface area contributed by atoms with Crippen molar-refractivity contribution in [3.8, 4) is 0 Å². The van der Waals surface area contributed by atoms with Crippen LogP contribution in [0.3, 0.4) is 0 Å². The van der Waals surface area contributed by atoms with Crippen molar-refractivity contribution in [3.05, 3.63) is 35.9 Å². The minimum Gasteiger partial charge on any atom is -0.311 e. The van der Waals surface area contributed by atoms with Gasteiger partial charge in [-0.15, -0.1) is 0 Å². The van der Waals surface area contributed by atoms with E-state index in [1.807, 2.05) is 20.0 Å². The standard InChI is InChI=1S/C12H19N3/c1-5-9(2)8-12(13-4)11-6-7-14-10(3)15-11/h6-7,12-13H,2,5,8H2,1,3-4H3. The highest BCUT2D eigenvalue weighted by Gasteiger charge is 2.11. The second-order valence-corrected chi connectivity index (χ2v) is 3.68. The van der Waals surface area contributed by atoms with Gasteiger partial charge in [0.15, 0.2) is 0 Å². The van der Waals surface area contributed by atoms with Crippen LogP contribution in [0.2, 0.25) is 0 Å². The smallest absolute Gasteiger partial charge is 0.125 e. The summed E-state index contributed by atoms with van der Waals surface area (Å²) in [7, 11) is 1.95. The van der Waals surface area contributed by atoms with E-state index in [1.165, 1.54) is 5.57 Å². The number of aryl methyl sites for hydroxylation is 1. The topological polar surface area (TPSA) is 37.8 Å². The van der Waals surface area contributed by atoms with E-state index in [0.717, 1.165) is 24.4 Å². The molecule has 15 heavy (non-hydrogen) atoms. The van der Waals surface area contributed by atoms with Crippen LogP contribution >= 0.6 is 0 Å². The molecule has 1 heterocycles. The van der Waals surface area contributed by atoms with Crippen LogP contribution in [0, 0.1) is 6.92 Å². The lowest BCUT2D eigenvalue weighted by Crippen LogP contribution is -2.18. The van der Waals surface area contributed by atoms with E-state index >= 15 is 0 Å². The van der Waals surface area contributed by atoms with Crippen molar-refractivity contribution in [3.63, 3.8) is 0 Å². The summed E-state index contributed by atoms with van der Waals surface area (Å²) >= 11 is 0. The van der Waals surface area contributed by atoms with Crippen molar-refractivity contribution in [2.75, 3.05) is 7.05 Å². The number of hydrogen-bond donors (Lipinski definition) is 1. The fourth-order valence-corrected chi connectivity index (χ4v) is 1.46. The molecule has 3 heteroatoms. The van der Waals surface area contributed by atoms with Crippen LogP contribution in [-0.2, 0) is 0 Å². The number of nitrogens with zero attached hydrogens (tertiary/aromatic N) is 2. The van der Waals surface area contributed by atoms with Crippen LogP contribution in [0.25, 0.3) is 0 Å². The molecule has 0 aliphatic rings. The first-order chi connectivity index (χ1) is 7.17. The molecule has 1 N–H and O–H groups in total. The van der Waals surface area contributed by atoms with Crippen LogP contribution in [-0.4, -0.2) is 17.0 Å². The molecule has 1 unspecified atom stereocenters. The average molecular weight is 205 g/mol. The van der Waals surface area contributed by atoms with Gasteiger partial charge in [0.2, 0.25) is 0 Å². The van der Waals surface area contributed by atoms with Crippen LogP contribution in [0.1, 0.15) is 37.3 Å². The molecule has 1 rings (SSSR count). The van der Waals surface area contributed by atoms with E-state index in [4.69, 9.17) is 0 Å². The molecule has 82 valence electrons. The molecule has 0 saturated carbocycles. The SMILES string of the molecule is C=C(CC)CC(NC)c1ccnc(C)n1. The monoisotopic (exact) mass is 205 g/mol. The van der Waals surface area contributed by atoms with Crippen LogP contribution in [0.15, 0.2) is 24.4 Å². The molecule has 0 aromatic carbocycles. The van der Waals surface area contributed by atoms with E-state index in [-0.39, 0.29) is 6.04 Å². The van der Waals surface area contributed by atoms with E-state index in [2.05, 4.69) is 28.8 Å². The molecule has 0 radical (unpaired) electrons. The zero-order chi connectivity index (χ0) is 11.3. The summed E-state index contributed by atoms with van der Waals surface area (Å²) in [6.45, 7) is 8.06. The van der Waals surface area contributed by atoms with Crippen LogP contribution in [0.4, 0.5) is 0 Å². The third kappa shape index (κ3) is 3.44. The highest BCUT2D eigenvalue weighted by Crippen LogP contribution is 2.19. The summed E-state index contributed by atoms with van der Waals surface area (Å²) in [5.41, 5.74) is 2.28. The number of aromatic nitrogens is 2. The Morgan fingerprint density at radius 2 is 2.33 bits per heavy atom. The van der Waals surface area contributed by atoms with Gasteiger partial charge in [-0.2, -0.15) is 0 Å². The third-order valence-electron chi connectivity index (χ3n) is 2.50. The van der Waals surface area contributed by atoms with E-state index in [9.17, 15) is 0 Å². The second kappa shape index (κ2) is 5.61. The molecular weight excluding hydrogens is 186 g/mol. The van der Waals surface area contributed by atoms with Gasteiger partial charge in [-0.3, -0.25) is 0 Å². The quantitative estimate of drug-likeness (QED) is 0.750. The Kier molecular flexibility index (Phi) is 4.43. The van der Waals surface area contributed by atoms with Crippen molar-refractivity contribution < 1.29 is 0 Å². The van der Waals surface area contributed by atoms with Gasteiger partial charge < -0.3 is 5.32 Å². The summed E-state index contributed by atoms with van der Waals surface area (Å²) in [6.07, 6.45) is 3.75. The van der Waals surface area contributed by atoms with Crippen molar-refractivity contribution in [2.24, 2.45) is 0 Å². The summed E-state index contributed by atoms with van der Waals surface area (Å²) in [4.78, 5) is 8.51. The summed E-state index contributed by atoms with van der Waals surface area (Å²) in [5, 5.41) is 3.26. The molecule has 0 bridgehead atoms. The maximum absolute atomic E-state index is 4.42. The van der Waals surface area contributed by atoms with E-state index in [1.54, 1.807) is 6.20 Å². The molecule has 1 atom stereocenters. The molecular formula is C12H19N3. The fraction of sp³-hybridized carbons (Fsp3) is 0.500. The summed E-state index contributed by atoms with van der Waals surface area (Å²) in [6, 6.07) is 2.20. The number of rotatable bonds is 5. The lowest BCUT2D eigenvalue weighted by atomic mass is 10.0. The fourth-order valence-electron chi connectivity index (χ4n) is 1.46. The van der Waals surface area contributed by atoms with Gasteiger partial charge in [-0.25, -0.2) is 9.97 Å². The lowest BCUT2D eigenvalue weighted by molar-refractivity contribution is 0.564. The Bertz CT molecular complexity index is 333. The minimum atomic E-state index is 0.249. The van der Waals surface area contributed by atoms with Gasteiger partial charge in [0.25, 0.3) is 0 Å². The zero-order valence-electron chi connectivity index (χ0n) is 9.75.